The molecule has 1 N–H and O–H groups in total. The van der Waals surface area contributed by atoms with Gasteiger partial charge in [0.1, 0.15) is 29.1 Å². The summed E-state index contributed by atoms with van der Waals surface area (Å²) in [4.78, 5) is 27.0. The molecule has 6 nitrogen and oxygen atoms in total. The molecule has 3 amide bonds. The highest BCUT2D eigenvalue weighted by atomic mass is 19.1. The molecule has 1 atom stereocenters. The number of carbonyl (C=O) groups excluding carboxylic acids is 2. The second kappa shape index (κ2) is 6.92. The molecule has 8 heteroatoms. The molecule has 1 aromatic carbocycles. The van der Waals surface area contributed by atoms with E-state index in [0.717, 1.165) is 17.0 Å². The Morgan fingerprint density at radius 2 is 2.04 bits per heavy atom. The van der Waals surface area contributed by atoms with Gasteiger partial charge in [0.05, 0.1) is 12.8 Å². The standard InChI is InChI=1S/C17H17F2N3O3/c1-21(10-11-4-3-9-25-11)17(24)20-14-7-8-22(16(14)23)15-12(18)5-2-6-13(15)19/h2-6,9,14H,7-8,10H2,1H3,(H,20,24)/t14-/m0/s1. The molecule has 1 aliphatic rings. The normalized spacial score (nSPS) is 17.0. The molecule has 0 saturated carbocycles. The molecule has 0 unspecified atom stereocenters. The zero-order valence-electron chi connectivity index (χ0n) is 13.5. The van der Waals surface area contributed by atoms with Crippen molar-refractivity contribution in [3.05, 3.63) is 54.0 Å². The number of para-hydroxylation sites is 1. The molecular formula is C17H17F2N3O3. The molecule has 1 fully saturated rings. The quantitative estimate of drug-likeness (QED) is 0.922. The second-order valence-corrected chi connectivity index (χ2v) is 5.79. The Bertz CT molecular complexity index is 759. The minimum Gasteiger partial charge on any atom is -0.467 e. The van der Waals surface area contributed by atoms with Gasteiger partial charge < -0.3 is 19.5 Å². The van der Waals surface area contributed by atoms with E-state index in [0.29, 0.717) is 5.76 Å². The number of nitrogens with one attached hydrogen (secondary N) is 1. The molecule has 2 aromatic rings. The second-order valence-electron chi connectivity index (χ2n) is 5.79. The van der Waals surface area contributed by atoms with Gasteiger partial charge in [-0.3, -0.25) is 4.79 Å². The van der Waals surface area contributed by atoms with Crippen molar-refractivity contribution >= 4 is 17.6 Å². The van der Waals surface area contributed by atoms with Gasteiger partial charge in [-0.2, -0.15) is 0 Å². The summed E-state index contributed by atoms with van der Waals surface area (Å²) < 4.78 is 32.9. The molecule has 0 bridgehead atoms. The predicted molar refractivity (Wildman–Crippen MR) is 85.8 cm³/mol. The van der Waals surface area contributed by atoms with Crippen LogP contribution in [0.3, 0.4) is 0 Å². The fourth-order valence-electron chi connectivity index (χ4n) is 2.75. The number of rotatable bonds is 4. The molecule has 0 radical (unpaired) electrons. The van der Waals surface area contributed by atoms with E-state index >= 15 is 0 Å². The maximum atomic E-state index is 13.9. The summed E-state index contributed by atoms with van der Waals surface area (Å²) in [5.41, 5.74) is -0.381. The molecule has 2 heterocycles. The van der Waals surface area contributed by atoms with Crippen molar-refractivity contribution < 1.29 is 22.8 Å². The maximum absolute atomic E-state index is 13.9. The van der Waals surface area contributed by atoms with Crippen LogP contribution in [0.15, 0.2) is 41.0 Å². The number of benzene rings is 1. The summed E-state index contributed by atoms with van der Waals surface area (Å²) in [6.45, 7) is 0.370. The van der Waals surface area contributed by atoms with E-state index in [1.807, 2.05) is 0 Å². The molecule has 0 aliphatic carbocycles. The highest BCUT2D eigenvalue weighted by molar-refractivity contribution is 6.01. The van der Waals surface area contributed by atoms with Crippen LogP contribution < -0.4 is 10.2 Å². The summed E-state index contributed by atoms with van der Waals surface area (Å²) in [6.07, 6.45) is 1.77. The third-order valence-corrected chi connectivity index (χ3v) is 4.03. The van der Waals surface area contributed by atoms with Crippen LogP contribution in [-0.2, 0) is 11.3 Å². The minimum atomic E-state index is -0.828. The van der Waals surface area contributed by atoms with Gasteiger partial charge in [-0.15, -0.1) is 0 Å². The lowest BCUT2D eigenvalue weighted by molar-refractivity contribution is -0.118. The summed E-state index contributed by atoms with van der Waals surface area (Å²) in [5.74, 6) is -1.56. The number of halogens is 2. The van der Waals surface area contributed by atoms with Crippen LogP contribution in [0.4, 0.5) is 19.3 Å². The number of furan rings is 1. The Kier molecular flexibility index (Phi) is 4.69. The first-order valence-corrected chi connectivity index (χ1v) is 7.77. The number of hydrogen-bond donors (Lipinski definition) is 1. The number of hydrogen-bond acceptors (Lipinski definition) is 3. The topological polar surface area (TPSA) is 65.8 Å². The summed E-state index contributed by atoms with van der Waals surface area (Å²) in [5, 5.41) is 2.59. The Hall–Kier alpha value is -2.90. The van der Waals surface area contributed by atoms with Gasteiger partial charge in [-0.1, -0.05) is 6.07 Å². The largest absolute Gasteiger partial charge is 0.467 e. The van der Waals surface area contributed by atoms with E-state index in [1.54, 1.807) is 19.2 Å². The van der Waals surface area contributed by atoms with Gasteiger partial charge in [0.15, 0.2) is 0 Å². The van der Waals surface area contributed by atoms with Crippen molar-refractivity contribution in [2.75, 3.05) is 18.5 Å². The minimum absolute atomic E-state index is 0.129. The van der Waals surface area contributed by atoms with Crippen LogP contribution in [-0.4, -0.2) is 36.5 Å². The fraction of sp³-hybridized carbons (Fsp3) is 0.294. The number of carbonyl (C=O) groups is 2. The van der Waals surface area contributed by atoms with Crippen LogP contribution in [0.1, 0.15) is 12.2 Å². The molecule has 1 saturated heterocycles. The highest BCUT2D eigenvalue weighted by Gasteiger charge is 2.36. The van der Waals surface area contributed by atoms with E-state index < -0.39 is 29.6 Å². The lowest BCUT2D eigenvalue weighted by Crippen LogP contribution is -2.46. The van der Waals surface area contributed by atoms with Crippen LogP contribution in [0.25, 0.3) is 0 Å². The van der Waals surface area contributed by atoms with Crippen molar-refractivity contribution in [1.82, 2.24) is 10.2 Å². The van der Waals surface area contributed by atoms with E-state index in [9.17, 15) is 18.4 Å². The van der Waals surface area contributed by atoms with Gasteiger partial charge in [-0.05, 0) is 30.7 Å². The van der Waals surface area contributed by atoms with E-state index in [4.69, 9.17) is 4.42 Å². The maximum Gasteiger partial charge on any atom is 0.318 e. The first-order chi connectivity index (χ1) is 12.0. The average Bonchev–Trinajstić information content (AvgIpc) is 3.19. The van der Waals surface area contributed by atoms with E-state index in [1.165, 1.54) is 17.2 Å². The van der Waals surface area contributed by atoms with E-state index in [2.05, 4.69) is 5.32 Å². The lowest BCUT2D eigenvalue weighted by Gasteiger charge is -2.21. The molecule has 1 aliphatic heterocycles. The number of anilines is 1. The summed E-state index contributed by atoms with van der Waals surface area (Å²) in [6, 6.07) is 5.56. The predicted octanol–water partition coefficient (Wildman–Crippen LogP) is 2.50. The van der Waals surface area contributed by atoms with Crippen LogP contribution in [0.5, 0.6) is 0 Å². The Morgan fingerprint density at radius 1 is 1.32 bits per heavy atom. The van der Waals surface area contributed by atoms with Gasteiger partial charge in [0.25, 0.3) is 0 Å². The Balaban J connectivity index is 1.65. The van der Waals surface area contributed by atoms with Crippen molar-refractivity contribution in [3.63, 3.8) is 0 Å². The van der Waals surface area contributed by atoms with Gasteiger partial charge in [0, 0.05) is 13.6 Å². The molecule has 0 spiro atoms. The first-order valence-electron chi connectivity index (χ1n) is 7.77. The molecular weight excluding hydrogens is 332 g/mol. The molecule has 1 aromatic heterocycles. The first kappa shape index (κ1) is 16.9. The molecule has 132 valence electrons. The number of nitrogens with zero attached hydrogens (tertiary/aromatic N) is 2. The zero-order valence-corrected chi connectivity index (χ0v) is 13.5. The van der Waals surface area contributed by atoms with Crippen LogP contribution in [0, 0.1) is 11.6 Å². The van der Waals surface area contributed by atoms with Crippen LogP contribution in [0.2, 0.25) is 0 Å². The SMILES string of the molecule is CN(Cc1ccco1)C(=O)N[C@H]1CCN(c2c(F)cccc2F)C1=O. The van der Waals surface area contributed by atoms with Gasteiger partial charge in [-0.25, -0.2) is 13.6 Å². The summed E-state index contributed by atoms with van der Waals surface area (Å²) >= 11 is 0. The summed E-state index contributed by atoms with van der Waals surface area (Å²) in [7, 11) is 1.56. The monoisotopic (exact) mass is 349 g/mol. The van der Waals surface area contributed by atoms with Crippen LogP contribution >= 0.6 is 0 Å². The molecule has 25 heavy (non-hydrogen) atoms. The van der Waals surface area contributed by atoms with Gasteiger partial charge >= 0.3 is 6.03 Å². The van der Waals surface area contributed by atoms with Crippen molar-refractivity contribution in [2.45, 2.75) is 19.0 Å². The lowest BCUT2D eigenvalue weighted by atomic mass is 10.2. The Labute approximate surface area is 143 Å². The Morgan fingerprint density at radius 3 is 2.68 bits per heavy atom. The third kappa shape index (κ3) is 3.47. The van der Waals surface area contributed by atoms with Crippen molar-refractivity contribution in [1.29, 1.82) is 0 Å². The van der Waals surface area contributed by atoms with Crippen molar-refractivity contribution in [2.24, 2.45) is 0 Å². The number of urea groups is 1. The average molecular weight is 349 g/mol. The zero-order chi connectivity index (χ0) is 18.0. The molecule has 3 rings (SSSR count). The van der Waals surface area contributed by atoms with E-state index in [-0.39, 0.29) is 25.2 Å². The number of amides is 3. The van der Waals surface area contributed by atoms with Crippen molar-refractivity contribution in [3.8, 4) is 0 Å². The highest BCUT2D eigenvalue weighted by Crippen LogP contribution is 2.27. The van der Waals surface area contributed by atoms with Gasteiger partial charge in [0.2, 0.25) is 5.91 Å². The third-order valence-electron chi connectivity index (χ3n) is 4.03. The smallest absolute Gasteiger partial charge is 0.318 e. The fourth-order valence-corrected chi connectivity index (χ4v) is 2.75.